The predicted octanol–water partition coefficient (Wildman–Crippen LogP) is 2.98. The maximum Gasteiger partial charge on any atom is 0.267 e. The molecular formula is C21H18F2N6O4S. The van der Waals surface area contributed by atoms with Gasteiger partial charge in [-0.3, -0.25) is 4.72 Å². The van der Waals surface area contributed by atoms with Crippen molar-refractivity contribution in [3.8, 4) is 17.7 Å². The van der Waals surface area contributed by atoms with E-state index >= 15 is 4.39 Å². The summed E-state index contributed by atoms with van der Waals surface area (Å²) in [6, 6.07) is 5.93. The molecule has 2 aromatic heterocycles. The van der Waals surface area contributed by atoms with Crippen LogP contribution in [0.4, 0.5) is 20.3 Å². The van der Waals surface area contributed by atoms with Crippen LogP contribution in [0.25, 0.3) is 0 Å². The Morgan fingerprint density at radius 2 is 2.00 bits per heavy atom. The fourth-order valence-corrected chi connectivity index (χ4v) is 4.04. The summed E-state index contributed by atoms with van der Waals surface area (Å²) in [5.41, 5.74) is 4.92. The fourth-order valence-electron chi connectivity index (χ4n) is 2.84. The first-order valence-corrected chi connectivity index (χ1v) is 10.9. The molecule has 0 aliphatic heterocycles. The lowest BCUT2D eigenvalue weighted by molar-refractivity contribution is 0.291. The molecule has 2 heterocycles. The SMILES string of the molecule is COc1ncc(C#N)cc1S(=O)(=O)Nc1ccc(F)c(COc2cnc(N)c(C(C)=N)c2)c1F. The van der Waals surface area contributed by atoms with Crippen molar-refractivity contribution >= 4 is 27.2 Å². The van der Waals surface area contributed by atoms with E-state index in [4.69, 9.17) is 25.9 Å². The molecule has 0 radical (unpaired) electrons. The zero-order valence-corrected chi connectivity index (χ0v) is 18.7. The summed E-state index contributed by atoms with van der Waals surface area (Å²) >= 11 is 0. The highest BCUT2D eigenvalue weighted by molar-refractivity contribution is 7.92. The van der Waals surface area contributed by atoms with Gasteiger partial charge in [-0.1, -0.05) is 0 Å². The van der Waals surface area contributed by atoms with Gasteiger partial charge in [-0.2, -0.15) is 5.26 Å². The second kappa shape index (κ2) is 9.67. The molecular weight excluding hydrogens is 470 g/mol. The van der Waals surface area contributed by atoms with Gasteiger partial charge >= 0.3 is 0 Å². The van der Waals surface area contributed by atoms with E-state index < -0.39 is 44.4 Å². The Labute approximate surface area is 193 Å². The monoisotopic (exact) mass is 488 g/mol. The molecule has 0 bridgehead atoms. The number of halogens is 2. The lowest BCUT2D eigenvalue weighted by Gasteiger charge is -2.14. The van der Waals surface area contributed by atoms with E-state index in [1.165, 1.54) is 26.3 Å². The number of aromatic nitrogens is 2. The Balaban J connectivity index is 1.91. The number of nitriles is 1. The van der Waals surface area contributed by atoms with Crippen LogP contribution in [0.15, 0.2) is 41.6 Å². The van der Waals surface area contributed by atoms with Crippen LogP contribution in [-0.4, -0.2) is 31.2 Å². The van der Waals surface area contributed by atoms with Crippen molar-refractivity contribution in [3.63, 3.8) is 0 Å². The highest BCUT2D eigenvalue weighted by Gasteiger charge is 2.25. The minimum absolute atomic E-state index is 0.0634. The number of nitrogen functional groups attached to an aromatic ring is 1. The maximum absolute atomic E-state index is 15.1. The van der Waals surface area contributed by atoms with E-state index in [9.17, 15) is 12.8 Å². The highest BCUT2D eigenvalue weighted by Crippen LogP contribution is 2.28. The molecule has 0 spiro atoms. The van der Waals surface area contributed by atoms with Gasteiger partial charge in [0, 0.05) is 17.5 Å². The molecule has 0 atom stereocenters. The van der Waals surface area contributed by atoms with Crippen molar-refractivity contribution < 1.29 is 26.7 Å². The number of nitrogens with zero attached hydrogens (tertiary/aromatic N) is 3. The lowest BCUT2D eigenvalue weighted by Crippen LogP contribution is -2.17. The number of pyridine rings is 2. The minimum atomic E-state index is -4.47. The molecule has 13 heteroatoms. The van der Waals surface area contributed by atoms with Gasteiger partial charge < -0.3 is 20.6 Å². The first-order chi connectivity index (χ1) is 16.1. The number of anilines is 2. The van der Waals surface area contributed by atoms with Crippen molar-refractivity contribution in [2.24, 2.45) is 0 Å². The highest BCUT2D eigenvalue weighted by atomic mass is 32.2. The summed E-state index contributed by atoms with van der Waals surface area (Å²) in [7, 11) is -3.29. The summed E-state index contributed by atoms with van der Waals surface area (Å²) in [5, 5.41) is 16.7. The normalized spacial score (nSPS) is 10.9. The van der Waals surface area contributed by atoms with Crippen molar-refractivity contribution in [2.45, 2.75) is 18.4 Å². The second-order valence-electron chi connectivity index (χ2n) is 6.85. The molecule has 0 aliphatic rings. The quantitative estimate of drug-likeness (QED) is 0.407. The van der Waals surface area contributed by atoms with Crippen LogP contribution in [0.5, 0.6) is 11.6 Å². The van der Waals surface area contributed by atoms with E-state index in [1.54, 1.807) is 6.07 Å². The maximum atomic E-state index is 15.1. The average Bonchev–Trinajstić information content (AvgIpc) is 2.81. The van der Waals surface area contributed by atoms with Crippen LogP contribution >= 0.6 is 0 Å². The molecule has 0 fully saturated rings. The van der Waals surface area contributed by atoms with Gasteiger partial charge in [0.1, 0.15) is 30.1 Å². The molecule has 34 heavy (non-hydrogen) atoms. The van der Waals surface area contributed by atoms with Crippen molar-refractivity contribution in [1.29, 1.82) is 10.7 Å². The van der Waals surface area contributed by atoms with Crippen LogP contribution in [0, 0.1) is 28.4 Å². The Morgan fingerprint density at radius 3 is 2.65 bits per heavy atom. The Kier molecular flexibility index (Phi) is 6.92. The largest absolute Gasteiger partial charge is 0.487 e. The summed E-state index contributed by atoms with van der Waals surface area (Å²) in [4.78, 5) is 7.13. The zero-order valence-electron chi connectivity index (χ0n) is 17.9. The van der Waals surface area contributed by atoms with Crippen LogP contribution in [0.2, 0.25) is 0 Å². The average molecular weight is 488 g/mol. The molecule has 176 valence electrons. The molecule has 0 amide bonds. The second-order valence-corrected chi connectivity index (χ2v) is 8.50. The predicted molar refractivity (Wildman–Crippen MR) is 118 cm³/mol. The third kappa shape index (κ3) is 5.02. The van der Waals surface area contributed by atoms with Gasteiger partial charge in [-0.15, -0.1) is 0 Å². The van der Waals surface area contributed by atoms with Crippen LogP contribution in [-0.2, 0) is 16.6 Å². The lowest BCUT2D eigenvalue weighted by atomic mass is 10.1. The van der Waals surface area contributed by atoms with Gasteiger partial charge in [-0.05, 0) is 31.2 Å². The number of hydrogen-bond donors (Lipinski definition) is 3. The molecule has 0 aliphatic carbocycles. The van der Waals surface area contributed by atoms with Crippen LogP contribution in [0.1, 0.15) is 23.6 Å². The standard InChI is InChI=1S/C21H18F2N6O4S/c1-11(25)14-6-13(9-27-20(14)26)33-10-15-16(22)3-4-17(19(15)23)29-34(30,31)18-5-12(7-24)8-28-21(18)32-2/h3-6,8-9,25,29H,10H2,1-2H3,(H2,26,27). The molecule has 0 saturated heterocycles. The van der Waals surface area contributed by atoms with Crippen molar-refractivity contribution in [1.82, 2.24) is 9.97 Å². The number of nitrogens with one attached hydrogen (secondary N) is 2. The topological polar surface area (TPSA) is 164 Å². The van der Waals surface area contributed by atoms with Gasteiger partial charge in [0.15, 0.2) is 10.7 Å². The first kappa shape index (κ1) is 24.3. The molecule has 0 unspecified atom stereocenters. The Morgan fingerprint density at radius 1 is 1.26 bits per heavy atom. The fraction of sp³-hybridized carbons (Fsp3) is 0.143. The van der Waals surface area contributed by atoms with Crippen LogP contribution in [0.3, 0.4) is 0 Å². The zero-order chi connectivity index (χ0) is 25.0. The third-order valence-corrected chi connectivity index (χ3v) is 5.90. The third-order valence-electron chi connectivity index (χ3n) is 4.54. The number of sulfonamides is 1. The van der Waals surface area contributed by atoms with E-state index in [1.807, 2.05) is 4.72 Å². The molecule has 10 nitrogen and oxygen atoms in total. The number of methoxy groups -OCH3 is 1. The molecule has 3 rings (SSSR count). The summed E-state index contributed by atoms with van der Waals surface area (Å²) in [5.74, 6) is -2.30. The Hall–Kier alpha value is -4.31. The number of hydrogen-bond acceptors (Lipinski definition) is 9. The van der Waals surface area contributed by atoms with Crippen molar-refractivity contribution in [2.75, 3.05) is 17.6 Å². The molecule has 4 N–H and O–H groups in total. The van der Waals surface area contributed by atoms with Gasteiger partial charge in [-0.25, -0.2) is 27.2 Å². The van der Waals surface area contributed by atoms with E-state index in [0.717, 1.165) is 24.4 Å². The number of benzene rings is 1. The Bertz CT molecular complexity index is 1420. The molecule has 0 saturated carbocycles. The van der Waals surface area contributed by atoms with E-state index in [-0.39, 0.29) is 28.7 Å². The van der Waals surface area contributed by atoms with Crippen LogP contribution < -0.4 is 19.9 Å². The number of ether oxygens (including phenoxy) is 2. The van der Waals surface area contributed by atoms with Crippen molar-refractivity contribution in [3.05, 3.63) is 65.0 Å². The summed E-state index contributed by atoms with van der Waals surface area (Å²) < 4.78 is 67.4. The number of rotatable bonds is 8. The van der Waals surface area contributed by atoms with Gasteiger partial charge in [0.2, 0.25) is 5.88 Å². The summed E-state index contributed by atoms with van der Waals surface area (Å²) in [6.45, 7) is 0.882. The first-order valence-electron chi connectivity index (χ1n) is 9.45. The molecule has 1 aromatic carbocycles. The number of nitrogens with two attached hydrogens (primary N) is 1. The molecule has 3 aromatic rings. The van der Waals surface area contributed by atoms with E-state index in [2.05, 4.69) is 9.97 Å². The summed E-state index contributed by atoms with van der Waals surface area (Å²) in [6.07, 6.45) is 2.34. The minimum Gasteiger partial charge on any atom is -0.487 e. The van der Waals surface area contributed by atoms with Gasteiger partial charge in [0.25, 0.3) is 10.0 Å². The van der Waals surface area contributed by atoms with E-state index in [0.29, 0.717) is 5.56 Å². The smallest absolute Gasteiger partial charge is 0.267 e. The van der Waals surface area contributed by atoms with Gasteiger partial charge in [0.05, 0.1) is 30.1 Å².